The number of ether oxygens (including phenoxy) is 1. The molecule has 0 fully saturated rings. The van der Waals surface area contributed by atoms with E-state index in [1.54, 1.807) is 0 Å². The number of nitrogens with zero attached hydrogens (tertiary/aromatic N) is 1. The van der Waals surface area contributed by atoms with Crippen LogP contribution in [0.2, 0.25) is 0 Å². The first-order chi connectivity index (χ1) is 7.15. The highest BCUT2D eigenvalue weighted by Gasteiger charge is 2.12. The number of hydrogen-bond acceptors (Lipinski definition) is 4. The van der Waals surface area contributed by atoms with Crippen LogP contribution in [-0.4, -0.2) is 18.1 Å². The van der Waals surface area contributed by atoms with E-state index in [9.17, 15) is 9.18 Å². The van der Waals surface area contributed by atoms with E-state index in [0.29, 0.717) is 12.0 Å². The quantitative estimate of drug-likeness (QED) is 0.761. The molecule has 15 heavy (non-hydrogen) atoms. The van der Waals surface area contributed by atoms with E-state index in [1.807, 2.05) is 0 Å². The van der Waals surface area contributed by atoms with Gasteiger partial charge in [-0.25, -0.2) is 4.39 Å². The lowest BCUT2D eigenvalue weighted by Gasteiger charge is -2.11. The number of rotatable bonds is 4. The monoisotopic (exact) mass is 212 g/mol. The third-order valence-electron chi connectivity index (χ3n) is 2.09. The molecule has 0 bridgehead atoms. The number of pyridine rings is 1. The fourth-order valence-corrected chi connectivity index (χ4v) is 1.22. The van der Waals surface area contributed by atoms with Gasteiger partial charge in [-0.2, -0.15) is 0 Å². The molecule has 0 saturated carbocycles. The van der Waals surface area contributed by atoms with Crippen LogP contribution in [0.5, 0.6) is 0 Å². The summed E-state index contributed by atoms with van der Waals surface area (Å²) in [7, 11) is 1.31. The molecule has 0 spiro atoms. The number of esters is 1. The molecule has 82 valence electrons. The zero-order valence-corrected chi connectivity index (χ0v) is 8.44. The average Bonchev–Trinajstić information content (AvgIpc) is 2.26. The van der Waals surface area contributed by atoms with Crippen LogP contribution in [0.3, 0.4) is 0 Å². The normalized spacial score (nSPS) is 12.2. The Balaban J connectivity index is 2.57. The van der Waals surface area contributed by atoms with Crippen molar-refractivity contribution < 1.29 is 13.9 Å². The summed E-state index contributed by atoms with van der Waals surface area (Å²) in [6, 6.07) is 1.00. The van der Waals surface area contributed by atoms with E-state index in [1.165, 1.54) is 19.4 Å². The van der Waals surface area contributed by atoms with Gasteiger partial charge in [-0.3, -0.25) is 9.78 Å². The SMILES string of the molecule is COC(=O)CCC(N)c1ccncc1F. The Labute approximate surface area is 87.3 Å². The van der Waals surface area contributed by atoms with Crippen LogP contribution in [-0.2, 0) is 9.53 Å². The highest BCUT2D eigenvalue weighted by molar-refractivity contribution is 5.69. The molecule has 4 nitrogen and oxygen atoms in total. The molecule has 0 aliphatic heterocycles. The molecule has 0 aromatic carbocycles. The van der Waals surface area contributed by atoms with E-state index in [0.717, 1.165) is 6.20 Å². The maximum atomic E-state index is 13.2. The summed E-state index contributed by atoms with van der Waals surface area (Å²) in [5.74, 6) is -0.796. The molecular formula is C10H13FN2O2. The van der Waals surface area contributed by atoms with Crippen molar-refractivity contribution in [1.29, 1.82) is 0 Å². The van der Waals surface area contributed by atoms with Gasteiger partial charge >= 0.3 is 5.97 Å². The Morgan fingerprint density at radius 1 is 1.73 bits per heavy atom. The second kappa shape index (κ2) is 5.41. The molecule has 0 radical (unpaired) electrons. The van der Waals surface area contributed by atoms with Crippen LogP contribution in [0.25, 0.3) is 0 Å². The summed E-state index contributed by atoms with van der Waals surface area (Å²) in [5.41, 5.74) is 6.09. The molecule has 2 N–H and O–H groups in total. The molecule has 5 heteroatoms. The van der Waals surface area contributed by atoms with Gasteiger partial charge in [-0.05, 0) is 12.5 Å². The van der Waals surface area contributed by atoms with Crippen LogP contribution in [0, 0.1) is 5.82 Å². The second-order valence-electron chi connectivity index (χ2n) is 3.12. The highest BCUT2D eigenvalue weighted by Crippen LogP contribution is 2.17. The number of aromatic nitrogens is 1. The van der Waals surface area contributed by atoms with Gasteiger partial charge in [0.05, 0.1) is 13.3 Å². The maximum Gasteiger partial charge on any atom is 0.305 e. The van der Waals surface area contributed by atoms with Crippen molar-refractivity contribution in [3.63, 3.8) is 0 Å². The van der Waals surface area contributed by atoms with Crippen LogP contribution >= 0.6 is 0 Å². The Kier molecular flexibility index (Phi) is 4.17. The van der Waals surface area contributed by atoms with Crippen LogP contribution in [0.1, 0.15) is 24.4 Å². The van der Waals surface area contributed by atoms with Gasteiger partial charge in [-0.15, -0.1) is 0 Å². The molecule has 1 aromatic rings. The van der Waals surface area contributed by atoms with Gasteiger partial charge in [-0.1, -0.05) is 0 Å². The molecule has 1 rings (SSSR count). The Morgan fingerprint density at radius 2 is 2.47 bits per heavy atom. The fraction of sp³-hybridized carbons (Fsp3) is 0.400. The van der Waals surface area contributed by atoms with Crippen LogP contribution in [0.4, 0.5) is 4.39 Å². The number of nitrogens with two attached hydrogens (primary N) is 1. The minimum atomic E-state index is -0.507. The second-order valence-corrected chi connectivity index (χ2v) is 3.12. The first kappa shape index (κ1) is 11.6. The van der Waals surface area contributed by atoms with Crippen molar-refractivity contribution in [2.24, 2.45) is 5.73 Å². The zero-order chi connectivity index (χ0) is 11.3. The molecule has 0 amide bonds. The summed E-state index contributed by atoms with van der Waals surface area (Å²) in [6.07, 6.45) is 3.11. The topological polar surface area (TPSA) is 65.2 Å². The summed E-state index contributed by atoms with van der Waals surface area (Å²) >= 11 is 0. The number of carbonyl (C=O) groups excluding carboxylic acids is 1. The minimum Gasteiger partial charge on any atom is -0.469 e. The Morgan fingerprint density at radius 3 is 3.07 bits per heavy atom. The van der Waals surface area contributed by atoms with Crippen molar-refractivity contribution in [2.75, 3.05) is 7.11 Å². The summed E-state index contributed by atoms with van der Waals surface area (Å²) in [4.78, 5) is 14.5. The van der Waals surface area contributed by atoms with Gasteiger partial charge < -0.3 is 10.5 Å². The van der Waals surface area contributed by atoms with Crippen molar-refractivity contribution in [3.8, 4) is 0 Å². The summed E-state index contributed by atoms with van der Waals surface area (Å²) in [5, 5.41) is 0. The third-order valence-corrected chi connectivity index (χ3v) is 2.09. The van der Waals surface area contributed by atoms with Gasteiger partial charge in [0, 0.05) is 24.2 Å². The van der Waals surface area contributed by atoms with Crippen molar-refractivity contribution in [3.05, 3.63) is 29.8 Å². The van der Waals surface area contributed by atoms with Gasteiger partial charge in [0.15, 0.2) is 0 Å². The van der Waals surface area contributed by atoms with Gasteiger partial charge in [0.2, 0.25) is 0 Å². The van der Waals surface area contributed by atoms with E-state index in [4.69, 9.17) is 5.73 Å². The van der Waals surface area contributed by atoms with E-state index in [2.05, 4.69) is 9.72 Å². The van der Waals surface area contributed by atoms with Gasteiger partial charge in [0.25, 0.3) is 0 Å². The maximum absolute atomic E-state index is 13.2. The third kappa shape index (κ3) is 3.28. The molecular weight excluding hydrogens is 199 g/mol. The highest BCUT2D eigenvalue weighted by atomic mass is 19.1. The lowest BCUT2D eigenvalue weighted by Crippen LogP contribution is -2.14. The van der Waals surface area contributed by atoms with Crippen molar-refractivity contribution >= 4 is 5.97 Å². The summed E-state index contributed by atoms with van der Waals surface area (Å²) < 4.78 is 17.7. The van der Waals surface area contributed by atoms with Crippen LogP contribution < -0.4 is 5.73 Å². The summed E-state index contributed by atoms with van der Waals surface area (Å²) in [6.45, 7) is 0. The molecule has 0 aliphatic carbocycles. The Bertz CT molecular complexity index is 344. The predicted octanol–water partition coefficient (Wildman–Crippen LogP) is 1.17. The zero-order valence-electron chi connectivity index (χ0n) is 8.44. The standard InChI is InChI=1S/C10H13FN2O2/c1-15-10(14)3-2-9(12)7-4-5-13-6-8(7)11/h4-6,9H,2-3,12H2,1H3. The molecule has 1 aromatic heterocycles. The molecule has 0 aliphatic rings. The van der Waals surface area contributed by atoms with Gasteiger partial charge in [0.1, 0.15) is 5.82 Å². The lowest BCUT2D eigenvalue weighted by molar-refractivity contribution is -0.140. The lowest BCUT2D eigenvalue weighted by atomic mass is 10.0. The smallest absolute Gasteiger partial charge is 0.305 e. The largest absolute Gasteiger partial charge is 0.469 e. The van der Waals surface area contributed by atoms with Crippen molar-refractivity contribution in [2.45, 2.75) is 18.9 Å². The van der Waals surface area contributed by atoms with E-state index < -0.39 is 11.9 Å². The van der Waals surface area contributed by atoms with E-state index in [-0.39, 0.29) is 12.4 Å². The predicted molar refractivity (Wildman–Crippen MR) is 52.4 cm³/mol. The minimum absolute atomic E-state index is 0.180. The number of carbonyl (C=O) groups is 1. The van der Waals surface area contributed by atoms with Crippen molar-refractivity contribution in [1.82, 2.24) is 4.98 Å². The first-order valence-electron chi connectivity index (χ1n) is 4.57. The Hall–Kier alpha value is -1.49. The fourth-order valence-electron chi connectivity index (χ4n) is 1.22. The molecule has 1 atom stereocenters. The molecule has 1 unspecified atom stereocenters. The number of methoxy groups -OCH3 is 1. The first-order valence-corrected chi connectivity index (χ1v) is 4.57. The number of hydrogen-bond donors (Lipinski definition) is 1. The molecule has 1 heterocycles. The van der Waals surface area contributed by atoms with E-state index >= 15 is 0 Å². The average molecular weight is 212 g/mol. The van der Waals surface area contributed by atoms with Crippen LogP contribution in [0.15, 0.2) is 18.5 Å². The molecule has 0 saturated heterocycles. The number of halogens is 1.